The van der Waals surface area contributed by atoms with Crippen LogP contribution in [0.25, 0.3) is 0 Å². The molecule has 0 bridgehead atoms. The summed E-state index contributed by atoms with van der Waals surface area (Å²) in [7, 11) is 3.28. The van der Waals surface area contributed by atoms with Crippen molar-refractivity contribution in [1.29, 1.82) is 0 Å². The van der Waals surface area contributed by atoms with E-state index in [4.69, 9.17) is 9.47 Å². The second-order valence-electron chi connectivity index (χ2n) is 5.74. The van der Waals surface area contributed by atoms with Crippen LogP contribution in [-0.4, -0.2) is 48.7 Å². The summed E-state index contributed by atoms with van der Waals surface area (Å²) in [4.78, 5) is 0. The minimum atomic E-state index is -2.23. The van der Waals surface area contributed by atoms with E-state index in [0.29, 0.717) is 5.32 Å². The summed E-state index contributed by atoms with van der Waals surface area (Å²) in [5.41, 5.74) is 1.10. The van der Waals surface area contributed by atoms with Gasteiger partial charge in [-0.2, -0.15) is 0 Å². The summed E-state index contributed by atoms with van der Waals surface area (Å²) in [6, 6.07) is 3.96. The van der Waals surface area contributed by atoms with Crippen LogP contribution in [0.1, 0.15) is 24.8 Å². The molecular formula is C17H25F2NO2Se. The molecule has 23 heavy (non-hydrogen) atoms. The van der Waals surface area contributed by atoms with Crippen LogP contribution in [0.5, 0.6) is 11.5 Å². The fraction of sp³-hybridized carbons (Fsp3) is 0.647. The van der Waals surface area contributed by atoms with Gasteiger partial charge in [0.1, 0.15) is 0 Å². The number of halogens is 2. The summed E-state index contributed by atoms with van der Waals surface area (Å²) < 4.78 is 36.5. The minimum absolute atomic E-state index is 0.0300. The van der Waals surface area contributed by atoms with E-state index in [-0.39, 0.29) is 21.4 Å². The Labute approximate surface area is 143 Å². The SMILES string of the molecule is COc1cc([Se]CCC(F)F)c(OC)cc1CCNCC1CC1. The molecule has 6 heteroatoms. The second kappa shape index (κ2) is 9.45. The third-order valence-electron chi connectivity index (χ3n) is 3.86. The molecule has 0 radical (unpaired) electrons. The van der Waals surface area contributed by atoms with Gasteiger partial charge in [-0.25, -0.2) is 0 Å². The van der Waals surface area contributed by atoms with Gasteiger partial charge < -0.3 is 0 Å². The maximum atomic E-state index is 12.3. The second-order valence-corrected chi connectivity index (χ2v) is 8.13. The van der Waals surface area contributed by atoms with E-state index in [1.54, 1.807) is 14.2 Å². The average molecular weight is 392 g/mol. The Balaban J connectivity index is 1.96. The zero-order valence-corrected chi connectivity index (χ0v) is 15.5. The molecule has 3 nitrogen and oxygen atoms in total. The fourth-order valence-electron chi connectivity index (χ4n) is 2.35. The fourth-order valence-corrected chi connectivity index (χ4v) is 4.43. The molecule has 1 aromatic rings. The number of nitrogens with one attached hydrogen (secondary N) is 1. The van der Waals surface area contributed by atoms with Crippen LogP contribution in [-0.2, 0) is 6.42 Å². The van der Waals surface area contributed by atoms with E-state index < -0.39 is 6.43 Å². The van der Waals surface area contributed by atoms with Crippen LogP contribution in [0, 0.1) is 5.92 Å². The average Bonchev–Trinajstić information content (AvgIpc) is 3.35. The zero-order valence-electron chi connectivity index (χ0n) is 13.7. The zero-order chi connectivity index (χ0) is 16.7. The van der Waals surface area contributed by atoms with Crippen molar-refractivity contribution in [2.24, 2.45) is 5.92 Å². The molecule has 1 fully saturated rings. The van der Waals surface area contributed by atoms with Gasteiger partial charge in [0, 0.05) is 0 Å². The number of alkyl halides is 2. The third-order valence-corrected chi connectivity index (χ3v) is 6.11. The van der Waals surface area contributed by atoms with Crippen molar-refractivity contribution in [2.75, 3.05) is 27.3 Å². The van der Waals surface area contributed by atoms with Crippen molar-refractivity contribution in [3.05, 3.63) is 17.7 Å². The van der Waals surface area contributed by atoms with Gasteiger partial charge in [-0.3, -0.25) is 0 Å². The van der Waals surface area contributed by atoms with Gasteiger partial charge in [-0.05, 0) is 0 Å². The number of hydrogen-bond donors (Lipinski definition) is 1. The molecule has 0 spiro atoms. The van der Waals surface area contributed by atoms with Gasteiger partial charge in [-0.1, -0.05) is 0 Å². The van der Waals surface area contributed by atoms with E-state index in [0.717, 1.165) is 47.0 Å². The molecule has 0 saturated heterocycles. The molecule has 0 heterocycles. The maximum absolute atomic E-state index is 12.3. The van der Waals surface area contributed by atoms with Crippen molar-refractivity contribution in [3.63, 3.8) is 0 Å². The molecule has 0 unspecified atom stereocenters. The Kier molecular flexibility index (Phi) is 7.60. The first kappa shape index (κ1) is 18.5. The van der Waals surface area contributed by atoms with Gasteiger partial charge in [0.05, 0.1) is 0 Å². The van der Waals surface area contributed by atoms with Gasteiger partial charge in [-0.15, -0.1) is 0 Å². The first-order valence-electron chi connectivity index (χ1n) is 8.00. The number of benzene rings is 1. The Morgan fingerprint density at radius 2 is 1.96 bits per heavy atom. The molecule has 0 amide bonds. The van der Waals surface area contributed by atoms with Gasteiger partial charge in [0.15, 0.2) is 0 Å². The van der Waals surface area contributed by atoms with Crippen molar-refractivity contribution in [2.45, 2.75) is 37.4 Å². The summed E-state index contributed by atoms with van der Waals surface area (Å²) in [5.74, 6) is 2.48. The van der Waals surface area contributed by atoms with E-state index in [1.165, 1.54) is 12.8 Å². The Morgan fingerprint density at radius 1 is 1.22 bits per heavy atom. The molecule has 1 saturated carbocycles. The Morgan fingerprint density at radius 3 is 2.57 bits per heavy atom. The van der Waals surface area contributed by atoms with Gasteiger partial charge in [0.25, 0.3) is 0 Å². The first-order chi connectivity index (χ1) is 11.1. The quantitative estimate of drug-likeness (QED) is 0.464. The monoisotopic (exact) mass is 393 g/mol. The normalized spacial score (nSPS) is 14.3. The van der Waals surface area contributed by atoms with Crippen molar-refractivity contribution >= 4 is 19.4 Å². The van der Waals surface area contributed by atoms with Gasteiger partial charge >= 0.3 is 143 Å². The number of hydrogen-bond acceptors (Lipinski definition) is 3. The number of rotatable bonds is 11. The predicted molar refractivity (Wildman–Crippen MR) is 89.7 cm³/mol. The van der Waals surface area contributed by atoms with Crippen LogP contribution < -0.4 is 19.3 Å². The molecule has 1 aromatic carbocycles. The molecule has 1 N–H and O–H groups in total. The van der Waals surface area contributed by atoms with Crippen LogP contribution in [0.4, 0.5) is 8.78 Å². The van der Waals surface area contributed by atoms with Crippen LogP contribution in [0.15, 0.2) is 12.1 Å². The topological polar surface area (TPSA) is 30.5 Å². The molecule has 1 aliphatic carbocycles. The van der Waals surface area contributed by atoms with Crippen molar-refractivity contribution in [1.82, 2.24) is 5.32 Å². The van der Waals surface area contributed by atoms with E-state index in [2.05, 4.69) is 5.32 Å². The molecule has 0 aliphatic heterocycles. The van der Waals surface area contributed by atoms with Crippen LogP contribution in [0.3, 0.4) is 0 Å². The summed E-state index contributed by atoms with van der Waals surface area (Å²) in [5, 5.41) is 3.98. The molecule has 0 atom stereocenters. The third kappa shape index (κ3) is 6.28. The molecule has 0 aromatic heterocycles. The molecular weight excluding hydrogens is 367 g/mol. The Hall–Kier alpha value is -0.841. The first-order valence-corrected chi connectivity index (χ1v) is 10.1. The number of ether oxygens (including phenoxy) is 2. The number of methoxy groups -OCH3 is 2. The predicted octanol–water partition coefficient (Wildman–Crippen LogP) is 2.65. The summed E-state index contributed by atoms with van der Waals surface area (Å²) in [6.07, 6.45) is 1.27. The van der Waals surface area contributed by atoms with E-state index in [1.807, 2.05) is 12.1 Å². The molecule has 2 rings (SSSR count). The van der Waals surface area contributed by atoms with Crippen LogP contribution in [0.2, 0.25) is 5.32 Å². The van der Waals surface area contributed by atoms with Crippen molar-refractivity contribution < 1.29 is 18.3 Å². The van der Waals surface area contributed by atoms with Crippen molar-refractivity contribution in [3.8, 4) is 11.5 Å². The van der Waals surface area contributed by atoms with E-state index >= 15 is 0 Å². The summed E-state index contributed by atoms with van der Waals surface area (Å²) >= 11 is -0.0300. The van der Waals surface area contributed by atoms with E-state index in [9.17, 15) is 8.78 Å². The molecule has 1 aliphatic rings. The molecule has 130 valence electrons. The van der Waals surface area contributed by atoms with Crippen LogP contribution >= 0.6 is 0 Å². The summed E-state index contributed by atoms with van der Waals surface area (Å²) in [6.45, 7) is 2.00. The standard InChI is InChI=1S/C17H25F2NO2Se/c1-21-14-10-16(23-8-6-17(18)19)15(22-2)9-13(14)5-7-20-11-12-3-4-12/h9-10,12,17,20H,3-8,11H2,1-2H3. The Bertz CT molecular complexity index is 496. The van der Waals surface area contributed by atoms with Gasteiger partial charge in [0.2, 0.25) is 0 Å².